The monoisotopic (exact) mass is 320 g/mol. The first-order valence-electron chi connectivity index (χ1n) is 6.30. The summed E-state index contributed by atoms with van der Waals surface area (Å²) in [6.07, 6.45) is 1.32. The number of sulfonamides is 1. The van der Waals surface area contributed by atoms with E-state index in [1.807, 2.05) is 0 Å². The fourth-order valence-corrected chi connectivity index (χ4v) is 2.09. The lowest BCUT2D eigenvalue weighted by Gasteiger charge is -2.20. The van der Waals surface area contributed by atoms with Crippen LogP contribution in [0.2, 0.25) is 0 Å². The highest BCUT2D eigenvalue weighted by Gasteiger charge is 2.20. The lowest BCUT2D eigenvalue weighted by atomic mass is 10.0. The van der Waals surface area contributed by atoms with E-state index < -0.39 is 33.6 Å². The van der Waals surface area contributed by atoms with Gasteiger partial charge in [-0.05, 0) is 24.6 Å². The van der Waals surface area contributed by atoms with Crippen LogP contribution in [0.4, 0.5) is 8.78 Å². The van der Waals surface area contributed by atoms with Crippen molar-refractivity contribution in [1.29, 1.82) is 0 Å². The van der Waals surface area contributed by atoms with Gasteiger partial charge in [-0.2, -0.15) is 4.31 Å². The number of halogens is 2. The zero-order valence-electron chi connectivity index (χ0n) is 12.1. The van der Waals surface area contributed by atoms with Crippen molar-refractivity contribution in [1.82, 2.24) is 9.62 Å². The molecular formula is C13H18F2N2O3S. The number of benzene rings is 1. The topological polar surface area (TPSA) is 66.5 Å². The Labute approximate surface area is 123 Å². The maximum Gasteiger partial charge on any atom is 0.235 e. The van der Waals surface area contributed by atoms with Crippen molar-refractivity contribution < 1.29 is 22.0 Å². The predicted octanol–water partition coefficient (Wildman–Crippen LogP) is 1.42. The molecule has 8 heteroatoms. The normalized spacial score (nSPS) is 13.2. The highest BCUT2D eigenvalue weighted by molar-refractivity contribution is 7.88. The van der Waals surface area contributed by atoms with E-state index in [9.17, 15) is 22.0 Å². The highest BCUT2D eigenvalue weighted by Crippen LogP contribution is 2.21. The molecule has 118 valence electrons. The van der Waals surface area contributed by atoms with E-state index in [0.29, 0.717) is 6.42 Å². The largest absolute Gasteiger partial charge is 0.348 e. The molecule has 0 aromatic heterocycles. The molecule has 1 atom stereocenters. The summed E-state index contributed by atoms with van der Waals surface area (Å²) in [5.74, 6) is -1.81. The lowest BCUT2D eigenvalue weighted by Crippen LogP contribution is -2.39. The molecule has 0 fully saturated rings. The zero-order chi connectivity index (χ0) is 16.2. The second kappa shape index (κ2) is 6.95. The summed E-state index contributed by atoms with van der Waals surface area (Å²) in [6.45, 7) is 1.32. The average molecular weight is 320 g/mol. The van der Waals surface area contributed by atoms with Crippen LogP contribution in [0.15, 0.2) is 18.2 Å². The van der Waals surface area contributed by atoms with Gasteiger partial charge in [-0.15, -0.1) is 0 Å². The summed E-state index contributed by atoms with van der Waals surface area (Å²) in [4.78, 5) is 11.8. The fraction of sp³-hybridized carbons (Fsp3) is 0.462. The van der Waals surface area contributed by atoms with Gasteiger partial charge in [-0.1, -0.05) is 6.92 Å². The fourth-order valence-electron chi connectivity index (χ4n) is 1.74. The van der Waals surface area contributed by atoms with Crippen LogP contribution in [0.3, 0.4) is 0 Å². The predicted molar refractivity (Wildman–Crippen MR) is 75.0 cm³/mol. The van der Waals surface area contributed by atoms with Crippen LogP contribution in [0.5, 0.6) is 0 Å². The minimum atomic E-state index is -3.48. The molecule has 0 heterocycles. The Morgan fingerprint density at radius 1 is 1.38 bits per heavy atom. The summed E-state index contributed by atoms with van der Waals surface area (Å²) in [7, 11) is -2.22. The quantitative estimate of drug-likeness (QED) is 0.862. The van der Waals surface area contributed by atoms with Gasteiger partial charge in [0.2, 0.25) is 15.9 Å². The van der Waals surface area contributed by atoms with Gasteiger partial charge in [0.1, 0.15) is 11.6 Å². The molecule has 1 amide bonds. The average Bonchev–Trinajstić information content (AvgIpc) is 2.38. The van der Waals surface area contributed by atoms with Crippen LogP contribution < -0.4 is 5.32 Å². The van der Waals surface area contributed by atoms with E-state index in [1.165, 1.54) is 7.05 Å². The van der Waals surface area contributed by atoms with E-state index >= 15 is 0 Å². The van der Waals surface area contributed by atoms with Crippen LogP contribution in [0, 0.1) is 11.6 Å². The summed E-state index contributed by atoms with van der Waals surface area (Å²) >= 11 is 0. The highest BCUT2D eigenvalue weighted by atomic mass is 32.2. The summed E-state index contributed by atoms with van der Waals surface area (Å²) < 4.78 is 50.2. The van der Waals surface area contributed by atoms with E-state index in [4.69, 9.17) is 0 Å². The van der Waals surface area contributed by atoms with Gasteiger partial charge in [0, 0.05) is 12.6 Å². The van der Waals surface area contributed by atoms with Crippen molar-refractivity contribution in [3.8, 4) is 0 Å². The molecule has 0 radical (unpaired) electrons. The molecule has 0 saturated heterocycles. The molecule has 1 aromatic rings. The first-order valence-corrected chi connectivity index (χ1v) is 8.15. The van der Waals surface area contributed by atoms with E-state index in [-0.39, 0.29) is 12.1 Å². The van der Waals surface area contributed by atoms with Gasteiger partial charge in [-0.3, -0.25) is 4.79 Å². The van der Waals surface area contributed by atoms with Crippen molar-refractivity contribution in [2.75, 3.05) is 19.8 Å². The Morgan fingerprint density at radius 3 is 2.52 bits per heavy atom. The molecule has 0 bridgehead atoms. The van der Waals surface area contributed by atoms with E-state index in [0.717, 1.165) is 28.8 Å². The Hall–Kier alpha value is -1.54. The molecule has 1 aromatic carbocycles. The second-order valence-corrected chi connectivity index (χ2v) is 6.80. The molecule has 5 nitrogen and oxygen atoms in total. The van der Waals surface area contributed by atoms with Crippen LogP contribution in [-0.2, 0) is 14.8 Å². The SMILES string of the molecule is CC[C@H](NC(=O)CN(C)S(C)(=O)=O)c1cc(F)ccc1F. The zero-order valence-corrected chi connectivity index (χ0v) is 12.9. The Morgan fingerprint density at radius 2 is 2.00 bits per heavy atom. The number of carbonyl (C=O) groups is 1. The van der Waals surface area contributed by atoms with Crippen LogP contribution >= 0.6 is 0 Å². The number of nitrogens with one attached hydrogen (secondary N) is 1. The summed E-state index contributed by atoms with van der Waals surface area (Å²) in [6, 6.07) is 2.28. The van der Waals surface area contributed by atoms with Gasteiger partial charge in [0.15, 0.2) is 0 Å². The first-order chi connectivity index (χ1) is 9.65. The Balaban J connectivity index is 2.83. The number of hydrogen-bond acceptors (Lipinski definition) is 3. The molecule has 1 N–H and O–H groups in total. The van der Waals surface area contributed by atoms with Crippen molar-refractivity contribution in [3.63, 3.8) is 0 Å². The summed E-state index contributed by atoms with van der Waals surface area (Å²) in [5.41, 5.74) is 0.0351. The maximum absolute atomic E-state index is 13.7. The molecule has 21 heavy (non-hydrogen) atoms. The molecule has 1 rings (SSSR count). The second-order valence-electron chi connectivity index (χ2n) is 4.71. The standard InChI is InChI=1S/C13H18F2N2O3S/c1-4-12(10-7-9(14)5-6-11(10)15)16-13(18)8-17(2)21(3,19)20/h5-7,12H,4,8H2,1-3H3,(H,16,18)/t12-/m0/s1. The Bertz CT molecular complexity index is 620. The number of carbonyl (C=O) groups excluding carboxylic acids is 1. The van der Waals surface area contributed by atoms with Gasteiger partial charge < -0.3 is 5.32 Å². The molecule has 0 aliphatic heterocycles. The van der Waals surface area contributed by atoms with Gasteiger partial charge >= 0.3 is 0 Å². The number of likely N-dealkylation sites (N-methyl/N-ethyl adjacent to an activating group) is 1. The minimum absolute atomic E-state index is 0.0351. The van der Waals surface area contributed by atoms with Crippen molar-refractivity contribution in [2.24, 2.45) is 0 Å². The third-order valence-electron chi connectivity index (χ3n) is 3.01. The number of nitrogens with zero attached hydrogens (tertiary/aromatic N) is 1. The number of hydrogen-bond donors (Lipinski definition) is 1. The molecule has 0 aliphatic rings. The number of amides is 1. The van der Waals surface area contributed by atoms with Crippen molar-refractivity contribution >= 4 is 15.9 Å². The third-order valence-corrected chi connectivity index (χ3v) is 4.27. The van der Waals surface area contributed by atoms with Crippen LogP contribution in [0.1, 0.15) is 24.9 Å². The van der Waals surface area contributed by atoms with Crippen molar-refractivity contribution in [2.45, 2.75) is 19.4 Å². The summed E-state index contributed by atoms with van der Waals surface area (Å²) in [5, 5.41) is 2.50. The molecule has 0 saturated carbocycles. The van der Waals surface area contributed by atoms with Crippen LogP contribution in [-0.4, -0.2) is 38.5 Å². The molecule has 0 unspecified atom stereocenters. The lowest BCUT2D eigenvalue weighted by molar-refractivity contribution is -0.121. The molecule has 0 spiro atoms. The molecular weight excluding hydrogens is 302 g/mol. The minimum Gasteiger partial charge on any atom is -0.348 e. The smallest absolute Gasteiger partial charge is 0.235 e. The van der Waals surface area contributed by atoms with Gasteiger partial charge in [-0.25, -0.2) is 17.2 Å². The van der Waals surface area contributed by atoms with E-state index in [1.54, 1.807) is 6.92 Å². The number of rotatable bonds is 6. The first kappa shape index (κ1) is 17.5. The maximum atomic E-state index is 13.7. The van der Waals surface area contributed by atoms with E-state index in [2.05, 4.69) is 5.32 Å². The Kier molecular flexibility index (Phi) is 5.79. The van der Waals surface area contributed by atoms with Crippen LogP contribution in [0.25, 0.3) is 0 Å². The van der Waals surface area contributed by atoms with Crippen molar-refractivity contribution in [3.05, 3.63) is 35.4 Å². The van der Waals surface area contributed by atoms with Gasteiger partial charge in [0.25, 0.3) is 0 Å². The third kappa shape index (κ3) is 5.05. The molecule has 0 aliphatic carbocycles. The van der Waals surface area contributed by atoms with Gasteiger partial charge in [0.05, 0.1) is 18.8 Å².